The lowest BCUT2D eigenvalue weighted by Crippen LogP contribution is -2.59. The van der Waals surface area contributed by atoms with E-state index in [4.69, 9.17) is 23.7 Å². The molecule has 2 spiro atoms. The van der Waals surface area contributed by atoms with Crippen LogP contribution >= 0.6 is 0 Å². The van der Waals surface area contributed by atoms with Crippen molar-refractivity contribution < 1.29 is 53.1 Å². The number of carbonyl (C=O) groups is 4. The highest BCUT2D eigenvalue weighted by Gasteiger charge is 2.80. The number of ketones is 2. The van der Waals surface area contributed by atoms with E-state index in [0.29, 0.717) is 11.3 Å². The number of hydrogen-bond donors (Lipinski definition) is 2. The van der Waals surface area contributed by atoms with Crippen LogP contribution in [0.5, 0.6) is 0 Å². The third-order valence-electron chi connectivity index (χ3n) is 10.8. The van der Waals surface area contributed by atoms with Crippen LogP contribution < -0.4 is 0 Å². The van der Waals surface area contributed by atoms with Crippen molar-refractivity contribution >= 4 is 23.5 Å². The second kappa shape index (κ2) is 8.79. The van der Waals surface area contributed by atoms with Crippen molar-refractivity contribution in [2.24, 2.45) is 17.3 Å². The predicted octanol–water partition coefficient (Wildman–Crippen LogP) is 1.82. The zero-order valence-corrected chi connectivity index (χ0v) is 24.1. The van der Waals surface area contributed by atoms with Gasteiger partial charge in [0.1, 0.15) is 28.8 Å². The van der Waals surface area contributed by atoms with E-state index in [9.17, 15) is 29.4 Å². The summed E-state index contributed by atoms with van der Waals surface area (Å²) in [5.74, 6) is -4.50. The standard InChI is InChI=1S/C30H38O11/c1-16(10-18-11-17(2)23(34)38-18)22(33)25(3)8-9-27-14-28-19(26(4,15-31)39-20(28)12-21(32)40-28)6-7-29(27,36)24(35)30(13-25,37-5)41-27/h10-11,16,19-20,31,36H,6-9,12-15H2,1-5H3/b18-10+/t16-,19+,20-,25+,26+,27+,28-,29-,30-/m1/s1. The number of aliphatic hydroxyl groups excluding tert-OH is 1. The van der Waals surface area contributed by atoms with E-state index < -0.39 is 69.3 Å². The average Bonchev–Trinajstić information content (AvgIpc) is 3.45. The van der Waals surface area contributed by atoms with E-state index in [0.717, 1.165) is 0 Å². The van der Waals surface area contributed by atoms with Gasteiger partial charge in [-0.3, -0.25) is 14.4 Å². The number of hydrogen-bond acceptors (Lipinski definition) is 11. The van der Waals surface area contributed by atoms with Crippen LogP contribution in [0, 0.1) is 17.3 Å². The van der Waals surface area contributed by atoms with E-state index in [1.165, 1.54) is 7.11 Å². The van der Waals surface area contributed by atoms with Gasteiger partial charge in [0.05, 0.1) is 18.6 Å². The Morgan fingerprint density at radius 1 is 1.20 bits per heavy atom. The second-order valence-electron chi connectivity index (χ2n) is 13.4. The van der Waals surface area contributed by atoms with Crippen molar-refractivity contribution in [3.05, 3.63) is 23.5 Å². The summed E-state index contributed by atoms with van der Waals surface area (Å²) in [6.07, 6.45) is 2.95. The van der Waals surface area contributed by atoms with Crippen LogP contribution in [0.15, 0.2) is 23.5 Å². The summed E-state index contributed by atoms with van der Waals surface area (Å²) in [7, 11) is 1.33. The first kappa shape index (κ1) is 28.7. The number of aliphatic hydroxyl groups is 2. The molecule has 11 nitrogen and oxygen atoms in total. The number of Topliss-reactive ketones (excluding diaryl/α,β-unsaturated/α-hetero) is 2. The summed E-state index contributed by atoms with van der Waals surface area (Å²) in [5.41, 5.74) is -6.40. The highest BCUT2D eigenvalue weighted by molar-refractivity contribution is 5.99. The summed E-state index contributed by atoms with van der Waals surface area (Å²) in [4.78, 5) is 52.7. The summed E-state index contributed by atoms with van der Waals surface area (Å²) < 4.78 is 29.9. The molecule has 0 aromatic heterocycles. The van der Waals surface area contributed by atoms with E-state index >= 15 is 0 Å². The lowest BCUT2D eigenvalue weighted by molar-refractivity contribution is -0.255. The highest BCUT2D eigenvalue weighted by atomic mass is 16.7. The van der Waals surface area contributed by atoms with Gasteiger partial charge >= 0.3 is 11.9 Å². The molecule has 4 saturated heterocycles. The number of methoxy groups -OCH3 is 1. The van der Waals surface area contributed by atoms with Crippen molar-refractivity contribution in [3.63, 3.8) is 0 Å². The zero-order valence-electron chi connectivity index (χ0n) is 24.1. The Hall–Kier alpha value is -2.44. The molecule has 0 radical (unpaired) electrons. The fourth-order valence-corrected chi connectivity index (χ4v) is 8.67. The Balaban J connectivity index is 1.39. The summed E-state index contributed by atoms with van der Waals surface area (Å²) >= 11 is 0. The van der Waals surface area contributed by atoms with Gasteiger partial charge in [-0.15, -0.1) is 0 Å². The summed E-state index contributed by atoms with van der Waals surface area (Å²) in [6, 6.07) is 0. The van der Waals surface area contributed by atoms with Crippen LogP contribution in [0.25, 0.3) is 0 Å². The first-order chi connectivity index (χ1) is 19.1. The molecule has 1 saturated carbocycles. The third-order valence-corrected chi connectivity index (χ3v) is 10.8. The number of cyclic esters (lactones) is 1. The van der Waals surface area contributed by atoms with Crippen LogP contribution in [0.3, 0.4) is 0 Å². The maximum atomic E-state index is 14.3. The smallest absolute Gasteiger partial charge is 0.339 e. The Bertz CT molecular complexity index is 1300. The van der Waals surface area contributed by atoms with E-state index in [2.05, 4.69) is 0 Å². The first-order valence-corrected chi connectivity index (χ1v) is 14.3. The van der Waals surface area contributed by atoms with E-state index in [-0.39, 0.29) is 57.3 Å². The molecule has 2 N–H and O–H groups in total. The molecular formula is C30H38O11. The number of rotatable bonds is 5. The molecule has 1 aliphatic carbocycles. The monoisotopic (exact) mass is 574 g/mol. The van der Waals surface area contributed by atoms with Crippen molar-refractivity contribution in [2.45, 2.75) is 107 Å². The number of ether oxygens (including phenoxy) is 5. The topological polar surface area (TPSA) is 155 Å². The molecule has 41 heavy (non-hydrogen) atoms. The number of carbonyl (C=O) groups excluding carboxylic acids is 4. The van der Waals surface area contributed by atoms with Crippen molar-refractivity contribution in [1.29, 1.82) is 0 Å². The third kappa shape index (κ3) is 3.68. The SMILES string of the molecule is CO[C@@]12C[C@@](C)(C(=O)[C@H](C)/C=C3\C=C(C)C(=O)O3)CC[C@@]3(C[C@]45OC(=O)C[C@H]4O[C@@](C)(CO)[C@@H]5CC[C@@]3(O)C1=O)O2. The van der Waals surface area contributed by atoms with Crippen molar-refractivity contribution in [3.8, 4) is 0 Å². The van der Waals surface area contributed by atoms with Gasteiger partial charge in [0, 0.05) is 42.8 Å². The van der Waals surface area contributed by atoms with Crippen molar-refractivity contribution in [1.82, 2.24) is 0 Å². The molecule has 2 bridgehead atoms. The van der Waals surface area contributed by atoms with Gasteiger partial charge in [0.15, 0.2) is 5.60 Å². The number of allylic oxidation sites excluding steroid dienone is 2. The average molecular weight is 575 g/mol. The molecule has 0 unspecified atom stereocenters. The fraction of sp³-hybridized carbons (Fsp3) is 0.733. The lowest BCUT2D eigenvalue weighted by Gasteiger charge is -2.43. The Morgan fingerprint density at radius 3 is 2.56 bits per heavy atom. The Morgan fingerprint density at radius 2 is 1.93 bits per heavy atom. The molecule has 0 aromatic carbocycles. The van der Waals surface area contributed by atoms with E-state index in [1.54, 1.807) is 39.8 Å². The Labute approximate surface area is 238 Å². The molecule has 11 heteroatoms. The minimum atomic E-state index is -1.96. The van der Waals surface area contributed by atoms with Gasteiger partial charge in [-0.25, -0.2) is 4.79 Å². The van der Waals surface area contributed by atoms with Crippen LogP contribution in [0.2, 0.25) is 0 Å². The molecule has 0 amide bonds. The predicted molar refractivity (Wildman–Crippen MR) is 139 cm³/mol. The largest absolute Gasteiger partial charge is 0.456 e. The summed E-state index contributed by atoms with van der Waals surface area (Å²) in [5, 5.41) is 22.5. The molecule has 224 valence electrons. The molecular weight excluding hydrogens is 536 g/mol. The first-order valence-electron chi connectivity index (χ1n) is 14.3. The van der Waals surface area contributed by atoms with Gasteiger partial charge in [-0.2, -0.15) is 0 Å². The number of fused-ring (bicyclic) bond motifs is 1. The second-order valence-corrected chi connectivity index (χ2v) is 13.4. The number of esters is 2. The minimum Gasteiger partial charge on any atom is -0.456 e. The van der Waals surface area contributed by atoms with Crippen LogP contribution in [-0.4, -0.2) is 81.7 Å². The quantitative estimate of drug-likeness (QED) is 0.462. The van der Waals surface area contributed by atoms with Gasteiger partial charge in [0.25, 0.3) is 0 Å². The lowest BCUT2D eigenvalue weighted by atomic mass is 9.63. The van der Waals surface area contributed by atoms with Crippen LogP contribution in [-0.2, 0) is 42.9 Å². The highest BCUT2D eigenvalue weighted by Crippen LogP contribution is 2.66. The molecule has 0 aromatic rings. The molecule has 6 aliphatic rings. The normalized spacial score (nSPS) is 48.5. The van der Waals surface area contributed by atoms with Gasteiger partial charge in [0.2, 0.25) is 11.6 Å². The van der Waals surface area contributed by atoms with Gasteiger partial charge in [-0.1, -0.05) is 13.8 Å². The van der Waals surface area contributed by atoms with Gasteiger partial charge in [-0.05, 0) is 51.7 Å². The molecule has 5 aliphatic heterocycles. The van der Waals surface area contributed by atoms with Gasteiger partial charge < -0.3 is 33.9 Å². The molecule has 6 rings (SSSR count). The fourth-order valence-electron chi connectivity index (χ4n) is 8.67. The van der Waals surface area contributed by atoms with Crippen LogP contribution in [0.4, 0.5) is 0 Å². The maximum absolute atomic E-state index is 14.3. The molecule has 5 fully saturated rings. The van der Waals surface area contributed by atoms with E-state index in [1.807, 2.05) is 0 Å². The van der Waals surface area contributed by atoms with Crippen LogP contribution in [0.1, 0.15) is 72.6 Å². The molecule has 9 atom stereocenters. The maximum Gasteiger partial charge on any atom is 0.339 e. The summed E-state index contributed by atoms with van der Waals surface area (Å²) in [6.45, 7) is 6.54. The van der Waals surface area contributed by atoms with Crippen molar-refractivity contribution in [2.75, 3.05) is 13.7 Å². The minimum absolute atomic E-state index is 0.00318. The Kier molecular flexibility index (Phi) is 6.15. The zero-order chi connectivity index (χ0) is 29.8. The molecule has 5 heterocycles.